The highest BCUT2D eigenvalue weighted by Gasteiger charge is 2.26. The van der Waals surface area contributed by atoms with Crippen LogP contribution in [0.3, 0.4) is 0 Å². The lowest BCUT2D eigenvalue weighted by Gasteiger charge is -2.32. The summed E-state index contributed by atoms with van der Waals surface area (Å²) in [5, 5.41) is 15.5. The quantitative estimate of drug-likeness (QED) is 0.238. The van der Waals surface area contributed by atoms with Crippen molar-refractivity contribution in [3.63, 3.8) is 0 Å². The molecular weight excluding hydrogens is 480 g/mol. The monoisotopic (exact) mass is 510 g/mol. The first-order valence-electron chi connectivity index (χ1n) is 10.9. The van der Waals surface area contributed by atoms with Crippen molar-refractivity contribution in [3.8, 4) is 0 Å². The molecule has 1 aliphatic heterocycles. The Kier molecular flexibility index (Phi) is 10.6. The zero-order valence-corrected chi connectivity index (χ0v) is 19.8. The largest absolute Gasteiger partial charge is 0.349 e. The number of piperidine rings is 1. The molecule has 0 radical (unpaired) electrons. The molecule has 1 atom stereocenters. The van der Waals surface area contributed by atoms with Crippen molar-refractivity contribution in [2.45, 2.75) is 45.1 Å². The number of rotatable bonds is 11. The van der Waals surface area contributed by atoms with Gasteiger partial charge in [-0.15, -0.1) is 0 Å². The molecule has 9 nitrogen and oxygen atoms in total. The maximum atomic E-state index is 12.5. The van der Waals surface area contributed by atoms with Crippen LogP contribution in [0.2, 0.25) is 0 Å². The maximum absolute atomic E-state index is 12.5. The van der Waals surface area contributed by atoms with Crippen molar-refractivity contribution >= 4 is 40.1 Å². The summed E-state index contributed by atoms with van der Waals surface area (Å²) in [6.45, 7) is 2.74. The minimum atomic E-state index is -0.572. The number of nitrogens with zero attached hydrogens (tertiary/aromatic N) is 2. The van der Waals surface area contributed by atoms with Crippen molar-refractivity contribution < 1.29 is 24.4 Å². The summed E-state index contributed by atoms with van der Waals surface area (Å²) >= 11 is 3.34. The molecule has 0 aliphatic carbocycles. The van der Waals surface area contributed by atoms with Gasteiger partial charge in [0.25, 0.3) is 5.91 Å². The van der Waals surface area contributed by atoms with Crippen LogP contribution in [0, 0.1) is 5.92 Å². The van der Waals surface area contributed by atoms with E-state index in [0.29, 0.717) is 43.0 Å². The molecule has 1 aliphatic rings. The Hall–Kier alpha value is -2.46. The van der Waals surface area contributed by atoms with Crippen molar-refractivity contribution in [2.24, 2.45) is 5.92 Å². The van der Waals surface area contributed by atoms with E-state index in [9.17, 15) is 24.4 Å². The number of hydrogen-bond acceptors (Lipinski definition) is 5. The third-order valence-electron chi connectivity index (χ3n) is 5.51. The van der Waals surface area contributed by atoms with Crippen molar-refractivity contribution in [2.75, 3.05) is 26.2 Å². The van der Waals surface area contributed by atoms with Gasteiger partial charge in [-0.2, -0.15) is 0 Å². The van der Waals surface area contributed by atoms with Crippen LogP contribution in [0.25, 0.3) is 0 Å². The predicted molar refractivity (Wildman–Crippen MR) is 122 cm³/mol. The van der Waals surface area contributed by atoms with Crippen molar-refractivity contribution in [1.82, 2.24) is 20.6 Å². The third kappa shape index (κ3) is 8.23. The van der Waals surface area contributed by atoms with Crippen LogP contribution in [0.4, 0.5) is 0 Å². The number of likely N-dealkylation sites (tertiary alicyclic amines) is 1. The molecule has 0 bridgehead atoms. The maximum Gasteiger partial charge on any atom is 0.251 e. The fourth-order valence-corrected chi connectivity index (χ4v) is 3.85. The average Bonchev–Trinajstić information content (AvgIpc) is 2.80. The van der Waals surface area contributed by atoms with Gasteiger partial charge in [0.05, 0.1) is 19.0 Å². The number of carbonyl (C=O) groups excluding carboxylic acids is 4. The molecule has 1 fully saturated rings. The highest BCUT2D eigenvalue weighted by molar-refractivity contribution is 9.10. The van der Waals surface area contributed by atoms with Gasteiger partial charge in [0.2, 0.25) is 18.2 Å². The number of halogens is 1. The van der Waals surface area contributed by atoms with E-state index >= 15 is 0 Å². The van der Waals surface area contributed by atoms with Gasteiger partial charge in [0, 0.05) is 29.2 Å². The second kappa shape index (κ2) is 13.2. The number of carbonyl (C=O) groups is 4. The van der Waals surface area contributed by atoms with E-state index in [0.717, 1.165) is 17.3 Å². The van der Waals surface area contributed by atoms with Crippen molar-refractivity contribution in [1.29, 1.82) is 0 Å². The summed E-state index contributed by atoms with van der Waals surface area (Å²) in [5.41, 5.74) is 0.586. The van der Waals surface area contributed by atoms with E-state index in [-0.39, 0.29) is 43.3 Å². The first-order chi connectivity index (χ1) is 15.3. The van der Waals surface area contributed by atoms with Gasteiger partial charge in [-0.25, -0.2) is 5.06 Å². The van der Waals surface area contributed by atoms with Crippen LogP contribution in [-0.2, 0) is 14.4 Å². The number of hydroxylamine groups is 2. The van der Waals surface area contributed by atoms with E-state index in [1.165, 1.54) is 0 Å². The SMILES string of the molecule is CCCCC(CN(O)C=O)C(=O)NCC(=O)N1CCC(NC(=O)c2ccc(Br)cc2)CC1. The lowest BCUT2D eigenvalue weighted by Crippen LogP contribution is -2.49. The third-order valence-corrected chi connectivity index (χ3v) is 6.04. The van der Waals surface area contributed by atoms with Gasteiger partial charge < -0.3 is 15.5 Å². The van der Waals surface area contributed by atoms with Crippen LogP contribution in [-0.4, -0.2) is 71.5 Å². The molecular formula is C22H31BrN4O5. The summed E-state index contributed by atoms with van der Waals surface area (Å²) < 4.78 is 0.905. The molecule has 3 N–H and O–H groups in total. The predicted octanol–water partition coefficient (Wildman–Crippen LogP) is 1.94. The zero-order valence-electron chi connectivity index (χ0n) is 18.3. The Bertz CT molecular complexity index is 781. The lowest BCUT2D eigenvalue weighted by atomic mass is 10.0. The molecule has 0 aromatic heterocycles. The van der Waals surface area contributed by atoms with Gasteiger partial charge in [-0.3, -0.25) is 24.4 Å². The second-order valence-electron chi connectivity index (χ2n) is 7.92. The highest BCUT2D eigenvalue weighted by atomic mass is 79.9. The van der Waals surface area contributed by atoms with E-state index in [4.69, 9.17) is 0 Å². The molecule has 1 heterocycles. The van der Waals surface area contributed by atoms with Crippen LogP contribution >= 0.6 is 15.9 Å². The molecule has 176 valence electrons. The Morgan fingerprint density at radius 3 is 2.50 bits per heavy atom. The summed E-state index contributed by atoms with van der Waals surface area (Å²) in [5.74, 6) is -1.26. The number of unbranched alkanes of at least 4 members (excludes halogenated alkanes) is 1. The molecule has 1 aromatic carbocycles. The number of benzene rings is 1. The standard InChI is InChI=1S/C22H31BrN4O5/c1-2-3-4-17(14-27(32)15-28)21(30)24-13-20(29)26-11-9-19(10-12-26)25-22(31)16-5-7-18(23)8-6-16/h5-8,15,17,19,32H,2-4,9-14H2,1H3,(H,24,30)(H,25,31). The fourth-order valence-electron chi connectivity index (χ4n) is 3.59. The van der Waals surface area contributed by atoms with E-state index in [1.807, 2.05) is 19.1 Å². The van der Waals surface area contributed by atoms with E-state index in [1.54, 1.807) is 17.0 Å². The minimum Gasteiger partial charge on any atom is -0.349 e. The molecule has 10 heteroatoms. The van der Waals surface area contributed by atoms with Crippen LogP contribution in [0.5, 0.6) is 0 Å². The summed E-state index contributed by atoms with van der Waals surface area (Å²) in [4.78, 5) is 49.6. The smallest absolute Gasteiger partial charge is 0.251 e. The molecule has 0 spiro atoms. The Balaban J connectivity index is 1.76. The van der Waals surface area contributed by atoms with E-state index < -0.39 is 5.92 Å². The van der Waals surface area contributed by atoms with Gasteiger partial charge >= 0.3 is 0 Å². The molecule has 1 unspecified atom stereocenters. The Morgan fingerprint density at radius 1 is 1.25 bits per heavy atom. The molecule has 4 amide bonds. The Labute approximate surface area is 196 Å². The highest BCUT2D eigenvalue weighted by Crippen LogP contribution is 2.14. The first-order valence-corrected chi connectivity index (χ1v) is 11.7. The lowest BCUT2D eigenvalue weighted by molar-refractivity contribution is -0.155. The first kappa shape index (κ1) is 25.8. The average molecular weight is 511 g/mol. The molecule has 0 saturated carbocycles. The number of hydrogen-bond donors (Lipinski definition) is 3. The summed E-state index contributed by atoms with van der Waals surface area (Å²) in [6.07, 6.45) is 3.71. The zero-order chi connectivity index (χ0) is 23.5. The van der Waals surface area contributed by atoms with Gasteiger partial charge in [-0.1, -0.05) is 35.7 Å². The molecule has 1 saturated heterocycles. The molecule has 1 aromatic rings. The topological polar surface area (TPSA) is 119 Å². The van der Waals surface area contributed by atoms with E-state index in [2.05, 4.69) is 26.6 Å². The second-order valence-corrected chi connectivity index (χ2v) is 8.84. The summed E-state index contributed by atoms with van der Waals surface area (Å²) in [7, 11) is 0. The van der Waals surface area contributed by atoms with Crippen LogP contribution in [0.15, 0.2) is 28.7 Å². The number of nitrogens with one attached hydrogen (secondary N) is 2. The van der Waals surface area contributed by atoms with Gasteiger partial charge in [0.15, 0.2) is 0 Å². The van der Waals surface area contributed by atoms with Gasteiger partial charge in [0.1, 0.15) is 0 Å². The molecule has 2 rings (SSSR count). The summed E-state index contributed by atoms with van der Waals surface area (Å²) in [6, 6.07) is 7.11. The van der Waals surface area contributed by atoms with Crippen LogP contribution in [0.1, 0.15) is 49.4 Å². The normalized spacial score (nSPS) is 15.0. The van der Waals surface area contributed by atoms with Crippen LogP contribution < -0.4 is 10.6 Å². The minimum absolute atomic E-state index is 0.0120. The van der Waals surface area contributed by atoms with Crippen molar-refractivity contribution in [3.05, 3.63) is 34.3 Å². The number of amides is 4. The fraction of sp³-hybridized carbons (Fsp3) is 0.545. The van der Waals surface area contributed by atoms with Gasteiger partial charge in [-0.05, 0) is 43.5 Å². The molecule has 32 heavy (non-hydrogen) atoms. The Morgan fingerprint density at radius 2 is 1.91 bits per heavy atom.